The quantitative estimate of drug-likeness (QED) is 0.897. The number of aromatic nitrogens is 2. The van der Waals surface area contributed by atoms with Gasteiger partial charge in [0, 0.05) is 31.7 Å². The molecule has 0 aliphatic carbocycles. The average Bonchev–Trinajstić information content (AvgIpc) is 3.12. The molecule has 2 heterocycles. The van der Waals surface area contributed by atoms with Crippen molar-refractivity contribution in [2.75, 3.05) is 20.1 Å². The summed E-state index contributed by atoms with van der Waals surface area (Å²) in [7, 11) is 1.74. The number of H-pyrrole nitrogens is 1. The van der Waals surface area contributed by atoms with Crippen LogP contribution in [0.4, 0.5) is 9.18 Å². The van der Waals surface area contributed by atoms with Crippen LogP contribution >= 0.6 is 0 Å². The lowest BCUT2D eigenvalue weighted by Gasteiger charge is -2.31. The normalized spacial score (nSPS) is 18.7. The van der Waals surface area contributed by atoms with E-state index in [2.05, 4.69) is 41.0 Å². The predicted molar refractivity (Wildman–Crippen MR) is 95.8 cm³/mol. The number of imidazole rings is 1. The number of hydrogen-bond acceptors (Lipinski definition) is 3. The number of halogens is 1. The fraction of sp³-hybridized carbons (Fsp3) is 0.556. The molecule has 136 valence electrons. The minimum absolute atomic E-state index is 0.118. The number of rotatable bonds is 3. The second-order valence-electron chi connectivity index (χ2n) is 7.75. The number of carbonyl (C=O) groups excluding carboxylic acids is 1. The summed E-state index contributed by atoms with van der Waals surface area (Å²) in [5, 5.41) is 3.09. The van der Waals surface area contributed by atoms with Crippen LogP contribution in [-0.4, -0.2) is 57.5 Å². The number of amides is 2. The fourth-order valence-corrected chi connectivity index (χ4v) is 3.18. The van der Waals surface area contributed by atoms with Gasteiger partial charge in [0.2, 0.25) is 0 Å². The molecule has 1 aromatic carbocycles. The van der Waals surface area contributed by atoms with Crippen LogP contribution in [0.1, 0.15) is 33.0 Å². The number of carbonyl (C=O) groups is 1. The van der Waals surface area contributed by atoms with Crippen LogP contribution in [-0.2, 0) is 6.54 Å². The van der Waals surface area contributed by atoms with Crippen LogP contribution in [0.2, 0.25) is 0 Å². The predicted octanol–water partition coefficient (Wildman–Crippen LogP) is 2.72. The summed E-state index contributed by atoms with van der Waals surface area (Å²) >= 11 is 0. The smallest absolute Gasteiger partial charge is 0.317 e. The fourth-order valence-electron chi connectivity index (χ4n) is 3.18. The number of likely N-dealkylation sites (tertiary alicyclic amines) is 1. The largest absolute Gasteiger partial charge is 0.340 e. The van der Waals surface area contributed by atoms with Gasteiger partial charge in [-0.3, -0.25) is 4.90 Å². The highest BCUT2D eigenvalue weighted by atomic mass is 19.1. The highest BCUT2D eigenvalue weighted by Gasteiger charge is 2.31. The Balaban J connectivity index is 1.57. The summed E-state index contributed by atoms with van der Waals surface area (Å²) in [5.41, 5.74) is 1.46. The van der Waals surface area contributed by atoms with Gasteiger partial charge in [0.1, 0.15) is 11.6 Å². The molecule has 1 aliphatic heterocycles. The van der Waals surface area contributed by atoms with E-state index in [9.17, 15) is 9.18 Å². The van der Waals surface area contributed by atoms with Gasteiger partial charge in [-0.2, -0.15) is 0 Å². The Morgan fingerprint density at radius 3 is 2.92 bits per heavy atom. The van der Waals surface area contributed by atoms with E-state index in [1.54, 1.807) is 18.0 Å². The highest BCUT2D eigenvalue weighted by molar-refractivity contribution is 5.76. The molecule has 1 aromatic heterocycles. The molecule has 0 spiro atoms. The van der Waals surface area contributed by atoms with E-state index < -0.39 is 0 Å². The summed E-state index contributed by atoms with van der Waals surface area (Å²) in [6.45, 7) is 8.77. The summed E-state index contributed by atoms with van der Waals surface area (Å²) in [6, 6.07) is 4.46. The highest BCUT2D eigenvalue weighted by Crippen LogP contribution is 2.20. The zero-order valence-corrected chi connectivity index (χ0v) is 15.3. The molecule has 1 aliphatic rings. The maximum absolute atomic E-state index is 13.3. The number of hydrogen-bond donors (Lipinski definition) is 2. The first kappa shape index (κ1) is 17.7. The standard InChI is InChI=1S/C18H26FN5O/c1-18(2,3)24-8-7-13(10-24)20-17(25)23(4)11-16-21-14-6-5-12(19)9-15(14)22-16/h5-6,9,13H,7-8,10-11H2,1-4H3,(H,20,25)(H,21,22)/t13-/m1/s1. The third-order valence-electron chi connectivity index (χ3n) is 4.69. The Morgan fingerprint density at radius 1 is 1.48 bits per heavy atom. The molecule has 1 atom stereocenters. The van der Waals surface area contributed by atoms with Gasteiger partial charge in [0.15, 0.2) is 0 Å². The zero-order valence-electron chi connectivity index (χ0n) is 15.3. The van der Waals surface area contributed by atoms with Crippen molar-refractivity contribution < 1.29 is 9.18 Å². The molecular formula is C18H26FN5O. The van der Waals surface area contributed by atoms with Crippen LogP contribution in [0.5, 0.6) is 0 Å². The van der Waals surface area contributed by atoms with Crippen molar-refractivity contribution >= 4 is 17.1 Å². The van der Waals surface area contributed by atoms with E-state index in [-0.39, 0.29) is 23.4 Å². The lowest BCUT2D eigenvalue weighted by Crippen LogP contribution is -2.46. The minimum atomic E-state index is -0.307. The molecule has 3 rings (SSSR count). The lowest BCUT2D eigenvalue weighted by molar-refractivity contribution is 0.168. The summed E-state index contributed by atoms with van der Waals surface area (Å²) in [6.07, 6.45) is 0.959. The first-order chi connectivity index (χ1) is 11.7. The van der Waals surface area contributed by atoms with Crippen LogP contribution < -0.4 is 5.32 Å². The van der Waals surface area contributed by atoms with Crippen molar-refractivity contribution in [1.82, 2.24) is 25.1 Å². The molecule has 0 bridgehead atoms. The van der Waals surface area contributed by atoms with Crippen molar-refractivity contribution in [2.24, 2.45) is 0 Å². The van der Waals surface area contributed by atoms with Crippen molar-refractivity contribution in [3.63, 3.8) is 0 Å². The van der Waals surface area contributed by atoms with Gasteiger partial charge in [0.05, 0.1) is 17.6 Å². The van der Waals surface area contributed by atoms with Gasteiger partial charge >= 0.3 is 6.03 Å². The number of nitrogens with zero attached hydrogens (tertiary/aromatic N) is 3. The Bertz CT molecular complexity index is 766. The number of nitrogens with one attached hydrogen (secondary N) is 2. The SMILES string of the molecule is CN(Cc1nc2ccc(F)cc2[nH]1)C(=O)N[C@@H]1CCN(C(C)(C)C)C1. The summed E-state index contributed by atoms with van der Waals surface area (Å²) in [5.74, 6) is 0.333. The van der Waals surface area contributed by atoms with E-state index >= 15 is 0 Å². The van der Waals surface area contributed by atoms with E-state index in [1.165, 1.54) is 12.1 Å². The third-order valence-corrected chi connectivity index (χ3v) is 4.69. The second kappa shape index (κ2) is 6.63. The van der Waals surface area contributed by atoms with E-state index in [1.807, 2.05) is 0 Å². The molecular weight excluding hydrogens is 321 g/mol. The molecule has 7 heteroatoms. The molecule has 6 nitrogen and oxygen atoms in total. The van der Waals surface area contributed by atoms with Crippen molar-refractivity contribution in [3.8, 4) is 0 Å². The molecule has 1 fully saturated rings. The Labute approximate surface area is 147 Å². The second-order valence-corrected chi connectivity index (χ2v) is 7.75. The monoisotopic (exact) mass is 347 g/mol. The zero-order chi connectivity index (χ0) is 18.2. The molecule has 2 aromatic rings. The van der Waals surface area contributed by atoms with Crippen molar-refractivity contribution in [2.45, 2.75) is 45.3 Å². The van der Waals surface area contributed by atoms with E-state index in [4.69, 9.17) is 0 Å². The number of fused-ring (bicyclic) bond motifs is 1. The van der Waals surface area contributed by atoms with Crippen molar-refractivity contribution in [3.05, 3.63) is 29.8 Å². The minimum Gasteiger partial charge on any atom is -0.340 e. The van der Waals surface area contributed by atoms with Gasteiger partial charge in [0.25, 0.3) is 0 Å². The lowest BCUT2D eigenvalue weighted by atomic mass is 10.1. The molecule has 0 saturated carbocycles. The molecule has 2 N–H and O–H groups in total. The van der Waals surface area contributed by atoms with Gasteiger partial charge in [-0.25, -0.2) is 14.2 Å². The van der Waals surface area contributed by atoms with Crippen LogP contribution in [0, 0.1) is 5.82 Å². The molecule has 1 saturated heterocycles. The summed E-state index contributed by atoms with van der Waals surface area (Å²) < 4.78 is 13.3. The maximum atomic E-state index is 13.3. The van der Waals surface area contributed by atoms with E-state index in [0.29, 0.717) is 23.4 Å². The number of benzene rings is 1. The summed E-state index contributed by atoms with van der Waals surface area (Å²) in [4.78, 5) is 23.9. The molecule has 0 unspecified atom stereocenters. The third kappa shape index (κ3) is 4.10. The van der Waals surface area contributed by atoms with Gasteiger partial charge in [-0.05, 0) is 45.4 Å². The van der Waals surface area contributed by atoms with Crippen LogP contribution in [0.3, 0.4) is 0 Å². The molecule has 0 radical (unpaired) electrons. The van der Waals surface area contributed by atoms with Crippen LogP contribution in [0.25, 0.3) is 11.0 Å². The van der Waals surface area contributed by atoms with Gasteiger partial charge in [-0.15, -0.1) is 0 Å². The van der Waals surface area contributed by atoms with Gasteiger partial charge in [-0.1, -0.05) is 0 Å². The maximum Gasteiger partial charge on any atom is 0.317 e. The average molecular weight is 347 g/mol. The molecule has 2 amide bonds. The first-order valence-corrected chi connectivity index (χ1v) is 8.63. The Morgan fingerprint density at radius 2 is 2.24 bits per heavy atom. The Hall–Kier alpha value is -2.15. The Kier molecular flexibility index (Phi) is 4.69. The van der Waals surface area contributed by atoms with E-state index in [0.717, 1.165) is 19.5 Å². The first-order valence-electron chi connectivity index (χ1n) is 8.63. The van der Waals surface area contributed by atoms with Crippen LogP contribution in [0.15, 0.2) is 18.2 Å². The molecule has 25 heavy (non-hydrogen) atoms. The van der Waals surface area contributed by atoms with Gasteiger partial charge < -0.3 is 15.2 Å². The topological polar surface area (TPSA) is 64.3 Å². The number of aromatic amines is 1. The van der Waals surface area contributed by atoms with Crippen molar-refractivity contribution in [1.29, 1.82) is 0 Å². The number of urea groups is 1.